The van der Waals surface area contributed by atoms with E-state index < -0.39 is 0 Å². The van der Waals surface area contributed by atoms with Crippen LogP contribution in [0.5, 0.6) is 0 Å². The van der Waals surface area contributed by atoms with Crippen LogP contribution in [-0.4, -0.2) is 17.4 Å². The van der Waals surface area contributed by atoms with E-state index in [0.717, 1.165) is 17.8 Å². The van der Waals surface area contributed by atoms with Gasteiger partial charge in [0, 0.05) is 6.54 Å². The first-order valence-corrected chi connectivity index (χ1v) is 6.94. The SMILES string of the molecule is CCNC(=S)NN=C(C)c1ccc(C(C)(C)C)cc1. The van der Waals surface area contributed by atoms with Gasteiger partial charge in [-0.2, -0.15) is 5.10 Å². The summed E-state index contributed by atoms with van der Waals surface area (Å²) in [5.74, 6) is 0. The maximum absolute atomic E-state index is 5.06. The van der Waals surface area contributed by atoms with Crippen LogP contribution in [0.15, 0.2) is 29.4 Å². The van der Waals surface area contributed by atoms with E-state index in [4.69, 9.17) is 12.2 Å². The largest absolute Gasteiger partial charge is 0.362 e. The minimum Gasteiger partial charge on any atom is -0.362 e. The van der Waals surface area contributed by atoms with Gasteiger partial charge < -0.3 is 5.32 Å². The van der Waals surface area contributed by atoms with Crippen LogP contribution in [0.2, 0.25) is 0 Å². The van der Waals surface area contributed by atoms with Crippen molar-refractivity contribution < 1.29 is 0 Å². The maximum atomic E-state index is 5.06. The molecule has 0 amide bonds. The molecule has 0 unspecified atom stereocenters. The van der Waals surface area contributed by atoms with Crippen molar-refractivity contribution in [2.45, 2.75) is 40.0 Å². The van der Waals surface area contributed by atoms with Crippen molar-refractivity contribution in [1.29, 1.82) is 0 Å². The molecule has 1 aromatic rings. The zero-order valence-corrected chi connectivity index (χ0v) is 13.2. The Bertz CT molecular complexity index is 455. The van der Waals surface area contributed by atoms with E-state index in [-0.39, 0.29) is 5.41 Å². The Balaban J connectivity index is 2.75. The second-order valence-corrected chi connectivity index (χ2v) is 5.90. The number of rotatable bonds is 3. The molecule has 0 fully saturated rings. The predicted molar refractivity (Wildman–Crippen MR) is 86.8 cm³/mol. The highest BCUT2D eigenvalue weighted by molar-refractivity contribution is 7.80. The van der Waals surface area contributed by atoms with Crippen LogP contribution in [-0.2, 0) is 5.41 Å². The van der Waals surface area contributed by atoms with Gasteiger partial charge in [-0.25, -0.2) is 0 Å². The zero-order chi connectivity index (χ0) is 14.5. The van der Waals surface area contributed by atoms with E-state index in [1.165, 1.54) is 5.56 Å². The van der Waals surface area contributed by atoms with Gasteiger partial charge in [0.1, 0.15) is 0 Å². The van der Waals surface area contributed by atoms with Crippen molar-refractivity contribution in [2.24, 2.45) is 5.10 Å². The van der Waals surface area contributed by atoms with Gasteiger partial charge in [0.25, 0.3) is 0 Å². The lowest BCUT2D eigenvalue weighted by Crippen LogP contribution is -2.32. The zero-order valence-electron chi connectivity index (χ0n) is 12.4. The molecule has 0 atom stereocenters. The third-order valence-electron chi connectivity index (χ3n) is 2.83. The standard InChI is InChI=1S/C15H23N3S/c1-6-16-14(19)18-17-11(2)12-7-9-13(10-8-12)15(3,4)5/h7-10H,6H2,1-5H3,(H2,16,18,19). The molecule has 1 rings (SSSR count). The summed E-state index contributed by atoms with van der Waals surface area (Å²) >= 11 is 5.06. The van der Waals surface area contributed by atoms with Gasteiger partial charge in [-0.3, -0.25) is 5.43 Å². The van der Waals surface area contributed by atoms with Crippen LogP contribution in [0.4, 0.5) is 0 Å². The smallest absolute Gasteiger partial charge is 0.186 e. The van der Waals surface area contributed by atoms with Crippen LogP contribution >= 0.6 is 12.2 Å². The number of hydrogen-bond donors (Lipinski definition) is 2. The van der Waals surface area contributed by atoms with E-state index in [1.807, 2.05) is 13.8 Å². The summed E-state index contributed by atoms with van der Waals surface area (Å²) in [5.41, 5.74) is 6.34. The Labute approximate surface area is 121 Å². The van der Waals surface area contributed by atoms with E-state index in [0.29, 0.717) is 5.11 Å². The minimum absolute atomic E-state index is 0.175. The molecule has 0 saturated carbocycles. The van der Waals surface area contributed by atoms with Crippen LogP contribution in [0, 0.1) is 0 Å². The Morgan fingerprint density at radius 2 is 1.79 bits per heavy atom. The monoisotopic (exact) mass is 277 g/mol. The molecule has 0 aromatic heterocycles. The number of nitrogens with zero attached hydrogens (tertiary/aromatic N) is 1. The second kappa shape index (κ2) is 6.66. The first-order chi connectivity index (χ1) is 8.84. The molecule has 3 nitrogen and oxygen atoms in total. The van der Waals surface area contributed by atoms with Gasteiger partial charge >= 0.3 is 0 Å². The van der Waals surface area contributed by atoms with Crippen molar-refractivity contribution >= 4 is 23.0 Å². The number of thiocarbonyl (C=S) groups is 1. The van der Waals surface area contributed by atoms with Gasteiger partial charge in [0.15, 0.2) is 5.11 Å². The minimum atomic E-state index is 0.175. The summed E-state index contributed by atoms with van der Waals surface area (Å²) in [6, 6.07) is 8.49. The van der Waals surface area contributed by atoms with E-state index in [1.54, 1.807) is 0 Å². The van der Waals surface area contributed by atoms with E-state index >= 15 is 0 Å². The third kappa shape index (κ3) is 4.99. The summed E-state index contributed by atoms with van der Waals surface area (Å²) in [6.07, 6.45) is 0. The molecular weight excluding hydrogens is 254 g/mol. The highest BCUT2D eigenvalue weighted by atomic mass is 32.1. The lowest BCUT2D eigenvalue weighted by Gasteiger charge is -2.19. The van der Waals surface area contributed by atoms with Crippen molar-refractivity contribution in [3.05, 3.63) is 35.4 Å². The molecule has 0 radical (unpaired) electrons. The van der Waals surface area contributed by atoms with Crippen LogP contribution in [0.1, 0.15) is 45.7 Å². The van der Waals surface area contributed by atoms with Crippen molar-refractivity contribution in [3.63, 3.8) is 0 Å². The molecule has 0 spiro atoms. The summed E-state index contributed by atoms with van der Waals surface area (Å²) in [4.78, 5) is 0. The van der Waals surface area contributed by atoms with E-state index in [9.17, 15) is 0 Å². The van der Waals surface area contributed by atoms with Crippen molar-refractivity contribution in [3.8, 4) is 0 Å². The molecule has 4 heteroatoms. The topological polar surface area (TPSA) is 36.4 Å². The maximum Gasteiger partial charge on any atom is 0.186 e. The van der Waals surface area contributed by atoms with Gasteiger partial charge in [-0.1, -0.05) is 45.0 Å². The molecule has 0 aliphatic carbocycles. The lowest BCUT2D eigenvalue weighted by molar-refractivity contribution is 0.590. The third-order valence-corrected chi connectivity index (χ3v) is 3.07. The van der Waals surface area contributed by atoms with E-state index in [2.05, 4.69) is 60.9 Å². The van der Waals surface area contributed by atoms with Crippen molar-refractivity contribution in [2.75, 3.05) is 6.54 Å². The molecule has 0 bridgehead atoms. The summed E-state index contributed by atoms with van der Waals surface area (Å²) in [6.45, 7) is 11.4. The molecule has 0 aliphatic rings. The Morgan fingerprint density at radius 1 is 1.21 bits per heavy atom. The number of hydrazone groups is 1. The molecule has 104 valence electrons. The number of hydrogen-bond acceptors (Lipinski definition) is 2. The fraction of sp³-hybridized carbons (Fsp3) is 0.467. The normalized spacial score (nSPS) is 12.2. The van der Waals surface area contributed by atoms with Gasteiger partial charge in [0.05, 0.1) is 5.71 Å². The Hall–Kier alpha value is -1.42. The molecule has 0 saturated heterocycles. The van der Waals surface area contributed by atoms with Crippen LogP contribution in [0.25, 0.3) is 0 Å². The highest BCUT2D eigenvalue weighted by Gasteiger charge is 2.13. The number of benzene rings is 1. The van der Waals surface area contributed by atoms with Crippen LogP contribution in [0.3, 0.4) is 0 Å². The van der Waals surface area contributed by atoms with Gasteiger partial charge in [0.2, 0.25) is 0 Å². The molecule has 1 aromatic carbocycles. The molecule has 2 N–H and O–H groups in total. The predicted octanol–water partition coefficient (Wildman–Crippen LogP) is 3.19. The summed E-state index contributed by atoms with van der Waals surface area (Å²) in [5, 5.41) is 7.81. The molecule has 0 aliphatic heterocycles. The highest BCUT2D eigenvalue weighted by Crippen LogP contribution is 2.22. The lowest BCUT2D eigenvalue weighted by atomic mass is 9.86. The average Bonchev–Trinajstić information content (AvgIpc) is 2.35. The quantitative estimate of drug-likeness (QED) is 0.506. The molecule has 19 heavy (non-hydrogen) atoms. The fourth-order valence-corrected chi connectivity index (χ4v) is 1.80. The van der Waals surface area contributed by atoms with Crippen molar-refractivity contribution in [1.82, 2.24) is 10.7 Å². The fourth-order valence-electron chi connectivity index (χ4n) is 1.61. The van der Waals surface area contributed by atoms with Gasteiger partial charge in [-0.05, 0) is 42.6 Å². The molecular formula is C15H23N3S. The molecule has 0 heterocycles. The summed E-state index contributed by atoms with van der Waals surface area (Å²) < 4.78 is 0. The Morgan fingerprint density at radius 3 is 2.26 bits per heavy atom. The van der Waals surface area contributed by atoms with Crippen LogP contribution < -0.4 is 10.7 Å². The number of nitrogens with one attached hydrogen (secondary N) is 2. The first-order valence-electron chi connectivity index (χ1n) is 6.53. The second-order valence-electron chi connectivity index (χ2n) is 5.50. The Kier molecular flexibility index (Phi) is 5.48. The average molecular weight is 277 g/mol. The van der Waals surface area contributed by atoms with Gasteiger partial charge in [-0.15, -0.1) is 0 Å². The first kappa shape index (κ1) is 15.6. The summed E-state index contributed by atoms with van der Waals surface area (Å²) in [7, 11) is 0.